The molecular formula is C19H20Cl2N2O3S2. The van der Waals surface area contributed by atoms with Gasteiger partial charge in [0.05, 0.1) is 26.4 Å². The van der Waals surface area contributed by atoms with Crippen molar-refractivity contribution < 1.29 is 13.2 Å². The molecule has 0 saturated carbocycles. The number of rotatable bonds is 6. The van der Waals surface area contributed by atoms with Crippen molar-refractivity contribution in [2.24, 2.45) is 0 Å². The fourth-order valence-corrected chi connectivity index (χ4v) is 5.65. The summed E-state index contributed by atoms with van der Waals surface area (Å²) in [5.41, 5.74) is 0.282. The van der Waals surface area contributed by atoms with Crippen molar-refractivity contribution in [3.8, 4) is 0 Å². The van der Waals surface area contributed by atoms with E-state index in [0.29, 0.717) is 18.1 Å². The molecule has 0 bridgehead atoms. The van der Waals surface area contributed by atoms with Crippen LogP contribution in [0.5, 0.6) is 0 Å². The summed E-state index contributed by atoms with van der Waals surface area (Å²) in [5.74, 6) is -0.164. The molecule has 2 aromatic rings. The molecule has 1 heterocycles. The van der Waals surface area contributed by atoms with Crippen molar-refractivity contribution in [2.45, 2.75) is 29.1 Å². The van der Waals surface area contributed by atoms with Gasteiger partial charge in [0.15, 0.2) is 0 Å². The van der Waals surface area contributed by atoms with Crippen molar-refractivity contribution in [1.29, 1.82) is 0 Å². The first kappa shape index (κ1) is 21.5. The van der Waals surface area contributed by atoms with Crippen LogP contribution < -0.4 is 5.32 Å². The van der Waals surface area contributed by atoms with Gasteiger partial charge in [0.1, 0.15) is 0 Å². The molecule has 0 atom stereocenters. The Hall–Kier alpha value is -1.25. The Morgan fingerprint density at radius 3 is 2.46 bits per heavy atom. The number of sulfonamides is 1. The van der Waals surface area contributed by atoms with E-state index in [9.17, 15) is 13.2 Å². The predicted octanol–water partition coefficient (Wildman–Crippen LogP) is 4.90. The third-order valence-electron chi connectivity index (χ3n) is 4.36. The zero-order valence-corrected chi connectivity index (χ0v) is 18.2. The number of nitrogens with one attached hydrogen (secondary N) is 1. The molecule has 0 aliphatic carbocycles. The highest BCUT2D eigenvalue weighted by Crippen LogP contribution is 2.30. The Bertz CT molecular complexity index is 961. The number of thioether (sulfide) groups is 1. The van der Waals surface area contributed by atoms with Crippen LogP contribution in [0.25, 0.3) is 0 Å². The summed E-state index contributed by atoms with van der Waals surface area (Å²) in [6, 6.07) is 11.6. The first-order chi connectivity index (χ1) is 13.4. The van der Waals surface area contributed by atoms with Crippen molar-refractivity contribution in [3.05, 3.63) is 52.5 Å². The minimum Gasteiger partial charge on any atom is -0.324 e. The lowest BCUT2D eigenvalue weighted by atomic mass is 10.2. The topological polar surface area (TPSA) is 66.5 Å². The van der Waals surface area contributed by atoms with E-state index < -0.39 is 10.0 Å². The average molecular weight is 459 g/mol. The summed E-state index contributed by atoms with van der Waals surface area (Å²) in [6.45, 7) is 1.03. The summed E-state index contributed by atoms with van der Waals surface area (Å²) in [6.07, 6.45) is 2.75. The maximum Gasteiger partial charge on any atom is 0.243 e. The molecule has 0 spiro atoms. The van der Waals surface area contributed by atoms with Gasteiger partial charge in [-0.2, -0.15) is 4.31 Å². The molecule has 150 valence electrons. The number of anilines is 1. The third-order valence-corrected chi connectivity index (χ3v) is 8.10. The summed E-state index contributed by atoms with van der Waals surface area (Å²) in [5, 5.41) is 3.56. The van der Waals surface area contributed by atoms with E-state index in [-0.39, 0.29) is 27.3 Å². The maximum absolute atomic E-state index is 12.8. The highest BCUT2D eigenvalue weighted by atomic mass is 35.5. The van der Waals surface area contributed by atoms with Gasteiger partial charge in [0.2, 0.25) is 15.9 Å². The monoisotopic (exact) mass is 458 g/mol. The number of carbonyl (C=O) groups is 1. The number of nitrogens with zero attached hydrogens (tertiary/aromatic N) is 1. The average Bonchev–Trinajstić information content (AvgIpc) is 2.69. The Kier molecular flexibility index (Phi) is 7.28. The normalized spacial score (nSPS) is 15.4. The molecule has 1 aliphatic heterocycles. The van der Waals surface area contributed by atoms with Gasteiger partial charge >= 0.3 is 0 Å². The first-order valence-corrected chi connectivity index (χ1v) is 12.0. The number of hydrogen-bond donors (Lipinski definition) is 1. The number of benzene rings is 2. The number of hydrogen-bond acceptors (Lipinski definition) is 4. The molecule has 0 radical (unpaired) electrons. The van der Waals surface area contributed by atoms with Gasteiger partial charge in [0, 0.05) is 18.0 Å². The zero-order chi connectivity index (χ0) is 20.1. The number of amides is 1. The quantitative estimate of drug-likeness (QED) is 0.625. The van der Waals surface area contributed by atoms with E-state index in [1.165, 1.54) is 34.3 Å². The second kappa shape index (κ2) is 9.50. The SMILES string of the molecule is O=C(CSc1ccccc1Cl)Nc1cc(S(=O)(=O)N2CCCCC2)ccc1Cl. The Morgan fingerprint density at radius 2 is 1.75 bits per heavy atom. The van der Waals surface area contributed by atoms with E-state index in [1.807, 2.05) is 18.2 Å². The lowest BCUT2D eigenvalue weighted by Crippen LogP contribution is -2.35. The summed E-state index contributed by atoms with van der Waals surface area (Å²) < 4.78 is 27.2. The Labute approximate surface area is 179 Å². The van der Waals surface area contributed by atoms with E-state index >= 15 is 0 Å². The summed E-state index contributed by atoms with van der Waals surface area (Å²) in [7, 11) is -3.60. The van der Waals surface area contributed by atoms with Gasteiger partial charge in [-0.05, 0) is 43.2 Å². The van der Waals surface area contributed by atoms with Crippen LogP contribution in [0.3, 0.4) is 0 Å². The molecule has 1 amide bonds. The highest BCUT2D eigenvalue weighted by Gasteiger charge is 2.26. The Morgan fingerprint density at radius 1 is 1.04 bits per heavy atom. The maximum atomic E-state index is 12.8. The molecule has 1 N–H and O–H groups in total. The van der Waals surface area contributed by atoms with Crippen LogP contribution >= 0.6 is 35.0 Å². The van der Waals surface area contributed by atoms with Crippen molar-refractivity contribution in [3.63, 3.8) is 0 Å². The van der Waals surface area contributed by atoms with Gasteiger partial charge in [-0.1, -0.05) is 41.8 Å². The molecule has 1 saturated heterocycles. The first-order valence-electron chi connectivity index (χ1n) is 8.85. The van der Waals surface area contributed by atoms with Crippen LogP contribution in [0, 0.1) is 0 Å². The van der Waals surface area contributed by atoms with Crippen molar-refractivity contribution in [2.75, 3.05) is 24.2 Å². The summed E-state index contributed by atoms with van der Waals surface area (Å²) in [4.78, 5) is 13.2. The smallest absolute Gasteiger partial charge is 0.243 e. The molecule has 0 aromatic heterocycles. The second-order valence-corrected chi connectivity index (χ2v) is 10.1. The number of carbonyl (C=O) groups excluding carboxylic acids is 1. The number of halogens is 2. The van der Waals surface area contributed by atoms with Gasteiger partial charge in [-0.3, -0.25) is 4.79 Å². The van der Waals surface area contributed by atoms with Gasteiger partial charge in [-0.25, -0.2) is 8.42 Å². The van der Waals surface area contributed by atoms with Crippen molar-refractivity contribution in [1.82, 2.24) is 4.31 Å². The van der Waals surface area contributed by atoms with Crippen LogP contribution in [-0.2, 0) is 14.8 Å². The second-order valence-electron chi connectivity index (χ2n) is 6.37. The van der Waals surface area contributed by atoms with Gasteiger partial charge in [0.25, 0.3) is 0 Å². The predicted molar refractivity (Wildman–Crippen MR) is 115 cm³/mol. The molecule has 5 nitrogen and oxygen atoms in total. The van der Waals surface area contributed by atoms with Gasteiger partial charge < -0.3 is 5.32 Å². The molecular weight excluding hydrogens is 439 g/mol. The van der Waals surface area contributed by atoms with Crippen molar-refractivity contribution >= 4 is 56.6 Å². The molecule has 2 aromatic carbocycles. The minimum absolute atomic E-state index is 0.128. The summed E-state index contributed by atoms with van der Waals surface area (Å²) >= 11 is 13.6. The van der Waals surface area contributed by atoms with E-state index in [0.717, 1.165) is 24.2 Å². The van der Waals surface area contributed by atoms with Gasteiger partial charge in [-0.15, -0.1) is 11.8 Å². The van der Waals surface area contributed by atoms with Crippen LogP contribution in [0.4, 0.5) is 5.69 Å². The molecule has 1 aliphatic rings. The zero-order valence-electron chi connectivity index (χ0n) is 15.0. The fraction of sp³-hybridized carbons (Fsp3) is 0.316. The fourth-order valence-electron chi connectivity index (χ4n) is 2.91. The third kappa shape index (κ3) is 5.21. The van der Waals surface area contributed by atoms with E-state index in [1.54, 1.807) is 6.07 Å². The lowest BCUT2D eigenvalue weighted by Gasteiger charge is -2.26. The minimum atomic E-state index is -3.60. The molecule has 9 heteroatoms. The van der Waals surface area contributed by atoms with Crippen LogP contribution in [0.1, 0.15) is 19.3 Å². The molecule has 0 unspecified atom stereocenters. The number of piperidine rings is 1. The standard InChI is InChI=1S/C19H20Cl2N2O3S2/c20-15-9-8-14(28(25,26)23-10-4-1-5-11-23)12-17(15)22-19(24)13-27-18-7-3-2-6-16(18)21/h2-3,6-9,12H,1,4-5,10-11,13H2,(H,22,24). The molecule has 3 rings (SSSR count). The lowest BCUT2D eigenvalue weighted by molar-refractivity contribution is -0.113. The highest BCUT2D eigenvalue weighted by molar-refractivity contribution is 8.00. The Balaban J connectivity index is 1.71. The van der Waals surface area contributed by atoms with E-state index in [2.05, 4.69) is 5.32 Å². The molecule has 28 heavy (non-hydrogen) atoms. The van der Waals surface area contributed by atoms with Crippen LogP contribution in [0.15, 0.2) is 52.3 Å². The van der Waals surface area contributed by atoms with Crippen LogP contribution in [0.2, 0.25) is 10.0 Å². The van der Waals surface area contributed by atoms with E-state index in [4.69, 9.17) is 23.2 Å². The largest absolute Gasteiger partial charge is 0.324 e. The molecule has 1 fully saturated rings. The van der Waals surface area contributed by atoms with Crippen LogP contribution in [-0.4, -0.2) is 37.5 Å².